The quantitative estimate of drug-likeness (QED) is 0.344. The van der Waals surface area contributed by atoms with Gasteiger partial charge >= 0.3 is 0 Å². The van der Waals surface area contributed by atoms with Crippen LogP contribution in [-0.2, 0) is 0 Å². The largest absolute Gasteiger partial charge is 0.206 e. The van der Waals surface area contributed by atoms with Gasteiger partial charge in [-0.15, -0.1) is 0 Å². The van der Waals surface area contributed by atoms with Gasteiger partial charge in [-0.05, 0) is 105 Å². The van der Waals surface area contributed by atoms with Crippen molar-refractivity contribution >= 4 is 0 Å². The highest BCUT2D eigenvalue weighted by Crippen LogP contribution is 2.48. The molecule has 0 spiro atoms. The average molecular weight is 423 g/mol. The smallest absolute Gasteiger partial charge is 0.174 e. The van der Waals surface area contributed by atoms with Crippen molar-refractivity contribution in [2.75, 3.05) is 0 Å². The fraction of sp³-hybridized carbons (Fsp3) is 0.429. The van der Waals surface area contributed by atoms with Gasteiger partial charge in [0.1, 0.15) is 5.82 Å². The lowest BCUT2D eigenvalue weighted by molar-refractivity contribution is 0.132. The molecule has 0 aromatic heterocycles. The summed E-state index contributed by atoms with van der Waals surface area (Å²) in [4.78, 5) is 0. The van der Waals surface area contributed by atoms with Crippen molar-refractivity contribution in [1.29, 1.82) is 0 Å². The van der Waals surface area contributed by atoms with Gasteiger partial charge in [-0.25, -0.2) is 13.2 Å². The molecule has 2 aliphatic rings. The second kappa shape index (κ2) is 9.35. The zero-order valence-electron chi connectivity index (χ0n) is 18.2. The maximum Gasteiger partial charge on any atom is 0.174 e. The first-order chi connectivity index (χ1) is 15.0. The molecule has 2 aliphatic carbocycles. The molecule has 0 N–H and O–H groups in total. The van der Waals surface area contributed by atoms with Crippen LogP contribution in [0.5, 0.6) is 0 Å². The number of rotatable bonds is 2. The molecule has 4 rings (SSSR count). The number of aryl methyl sites for hydroxylation is 1. The molecule has 4 atom stereocenters. The topological polar surface area (TPSA) is 0 Å². The first-order valence-electron chi connectivity index (χ1n) is 11.3. The lowest BCUT2D eigenvalue weighted by Gasteiger charge is -2.41. The van der Waals surface area contributed by atoms with E-state index in [1.165, 1.54) is 25.3 Å². The van der Waals surface area contributed by atoms with Crippen molar-refractivity contribution in [1.82, 2.24) is 0 Å². The first kappa shape index (κ1) is 21.8. The molecule has 2 fully saturated rings. The number of allylic oxidation sites excluding steroid dienone is 2. The molecular formula is C28H29F3. The minimum atomic E-state index is -0.920. The van der Waals surface area contributed by atoms with Crippen LogP contribution < -0.4 is 0 Å². The number of hydrogen-bond donors (Lipinski definition) is 0. The molecule has 2 aromatic carbocycles. The highest BCUT2D eigenvalue weighted by Gasteiger charge is 2.36. The Morgan fingerprint density at radius 2 is 1.55 bits per heavy atom. The van der Waals surface area contributed by atoms with Crippen LogP contribution >= 0.6 is 0 Å². The van der Waals surface area contributed by atoms with E-state index in [0.29, 0.717) is 23.3 Å². The molecule has 0 amide bonds. The van der Waals surface area contributed by atoms with E-state index in [9.17, 15) is 13.2 Å². The Morgan fingerprint density at radius 3 is 2.32 bits per heavy atom. The molecule has 162 valence electrons. The van der Waals surface area contributed by atoms with Gasteiger partial charge in [-0.1, -0.05) is 36.1 Å². The van der Waals surface area contributed by atoms with Crippen LogP contribution in [0.25, 0.3) is 0 Å². The van der Waals surface area contributed by atoms with Gasteiger partial charge < -0.3 is 0 Å². The lowest BCUT2D eigenvalue weighted by Crippen LogP contribution is -2.30. The van der Waals surface area contributed by atoms with E-state index < -0.39 is 17.5 Å². The number of hydrogen-bond acceptors (Lipinski definition) is 0. The maximum absolute atomic E-state index is 15.0. The second-order valence-electron chi connectivity index (χ2n) is 9.19. The Balaban J connectivity index is 1.50. The van der Waals surface area contributed by atoms with Crippen LogP contribution in [0.1, 0.15) is 73.6 Å². The van der Waals surface area contributed by atoms with E-state index in [1.807, 2.05) is 0 Å². The normalized spacial score (nSPS) is 25.7. The molecule has 0 saturated heterocycles. The first-order valence-corrected chi connectivity index (χ1v) is 11.3. The van der Waals surface area contributed by atoms with E-state index >= 15 is 0 Å². The van der Waals surface area contributed by atoms with Gasteiger partial charge in [0.05, 0.1) is 11.1 Å². The summed E-state index contributed by atoms with van der Waals surface area (Å²) in [5.74, 6) is 5.13. The summed E-state index contributed by atoms with van der Waals surface area (Å²) in [5, 5.41) is 0. The molecular weight excluding hydrogens is 393 g/mol. The highest BCUT2D eigenvalue weighted by molar-refractivity contribution is 5.46. The zero-order valence-corrected chi connectivity index (χ0v) is 18.2. The third-order valence-corrected chi connectivity index (χ3v) is 7.13. The summed E-state index contributed by atoms with van der Waals surface area (Å²) in [6.07, 6.45) is 11.0. The standard InChI is InChI=1S/C28H29F3/c1-3-4-19-6-8-23-17-24(12-11-22(23)16-19)25-14-13-21(27(30)28(25)31)10-9-20-7-5-18(2)15-26(20)29/h3-5,7,13-15,19,22-24H,6,8,11-12,16-17H2,1-2H3/b4-3+. The van der Waals surface area contributed by atoms with E-state index in [-0.39, 0.29) is 17.0 Å². The third kappa shape index (κ3) is 4.74. The second-order valence-corrected chi connectivity index (χ2v) is 9.19. The molecule has 0 bridgehead atoms. The Labute approximate surface area is 183 Å². The predicted molar refractivity (Wildman–Crippen MR) is 119 cm³/mol. The van der Waals surface area contributed by atoms with Crippen LogP contribution in [0.3, 0.4) is 0 Å². The summed E-state index contributed by atoms with van der Waals surface area (Å²) in [7, 11) is 0. The van der Waals surface area contributed by atoms with Gasteiger partial charge in [0, 0.05) is 0 Å². The molecule has 0 nitrogen and oxygen atoms in total. The molecule has 0 radical (unpaired) electrons. The summed E-state index contributed by atoms with van der Waals surface area (Å²) in [5.41, 5.74) is 1.41. The highest BCUT2D eigenvalue weighted by atomic mass is 19.2. The van der Waals surface area contributed by atoms with E-state index in [2.05, 4.69) is 30.9 Å². The molecule has 4 unspecified atom stereocenters. The minimum absolute atomic E-state index is 0.0261. The zero-order chi connectivity index (χ0) is 22.0. The lowest BCUT2D eigenvalue weighted by atomic mass is 9.64. The van der Waals surface area contributed by atoms with Crippen LogP contribution in [-0.4, -0.2) is 0 Å². The fourth-order valence-electron chi connectivity index (χ4n) is 5.49. The van der Waals surface area contributed by atoms with Gasteiger partial charge in [0.15, 0.2) is 11.6 Å². The maximum atomic E-state index is 15.0. The summed E-state index contributed by atoms with van der Waals surface area (Å²) in [6.45, 7) is 3.86. The summed E-state index contributed by atoms with van der Waals surface area (Å²) in [6, 6.07) is 7.91. The average Bonchev–Trinajstić information content (AvgIpc) is 2.76. The van der Waals surface area contributed by atoms with Gasteiger partial charge in [0.25, 0.3) is 0 Å². The Bertz CT molecular complexity index is 1040. The van der Waals surface area contributed by atoms with Crippen molar-refractivity contribution in [3.8, 4) is 11.8 Å². The van der Waals surface area contributed by atoms with Crippen LogP contribution in [0.2, 0.25) is 0 Å². The monoisotopic (exact) mass is 422 g/mol. The van der Waals surface area contributed by atoms with E-state index in [1.54, 1.807) is 31.2 Å². The van der Waals surface area contributed by atoms with Crippen LogP contribution in [0.15, 0.2) is 42.5 Å². The van der Waals surface area contributed by atoms with E-state index in [4.69, 9.17) is 0 Å². The van der Waals surface area contributed by atoms with Crippen LogP contribution in [0, 0.1) is 54.0 Å². The molecule has 2 saturated carbocycles. The Kier molecular flexibility index (Phi) is 6.56. The predicted octanol–water partition coefficient (Wildman–Crippen LogP) is 7.69. The Morgan fingerprint density at radius 1 is 0.839 bits per heavy atom. The number of halogens is 3. The van der Waals surface area contributed by atoms with Gasteiger partial charge in [0.2, 0.25) is 0 Å². The van der Waals surface area contributed by atoms with Crippen molar-refractivity contribution in [2.24, 2.45) is 17.8 Å². The van der Waals surface area contributed by atoms with Crippen molar-refractivity contribution in [3.63, 3.8) is 0 Å². The number of fused-ring (bicyclic) bond motifs is 1. The molecule has 31 heavy (non-hydrogen) atoms. The SMILES string of the molecule is C/C=C/C1CCC2CC(c3ccc(C#Cc4ccc(C)cc4F)c(F)c3F)CCC2C1. The van der Waals surface area contributed by atoms with Gasteiger partial charge in [-0.2, -0.15) is 0 Å². The van der Waals surface area contributed by atoms with Gasteiger partial charge in [-0.3, -0.25) is 0 Å². The molecule has 3 heteroatoms. The van der Waals surface area contributed by atoms with Crippen molar-refractivity contribution < 1.29 is 13.2 Å². The van der Waals surface area contributed by atoms with E-state index in [0.717, 1.165) is 24.8 Å². The Hall–Kier alpha value is -2.47. The fourth-order valence-corrected chi connectivity index (χ4v) is 5.49. The molecule has 2 aromatic rings. The van der Waals surface area contributed by atoms with Crippen molar-refractivity contribution in [3.05, 3.63) is 82.2 Å². The summed E-state index contributed by atoms with van der Waals surface area (Å²) >= 11 is 0. The van der Waals surface area contributed by atoms with Crippen molar-refractivity contribution in [2.45, 2.75) is 58.3 Å². The van der Waals surface area contributed by atoms with Crippen LogP contribution in [0.4, 0.5) is 13.2 Å². The molecule has 0 aliphatic heterocycles. The summed E-state index contributed by atoms with van der Waals surface area (Å²) < 4.78 is 43.7. The minimum Gasteiger partial charge on any atom is -0.206 e. The third-order valence-electron chi connectivity index (χ3n) is 7.13. The molecule has 0 heterocycles. The number of benzene rings is 2.